The van der Waals surface area contributed by atoms with E-state index < -0.39 is 27.5 Å². The van der Waals surface area contributed by atoms with Gasteiger partial charge in [-0.25, -0.2) is 17.2 Å². The Balaban J connectivity index is 1.67. The summed E-state index contributed by atoms with van der Waals surface area (Å²) in [6.07, 6.45) is 8.37. The maximum Gasteiger partial charge on any atom is 0.302 e. The van der Waals surface area contributed by atoms with Crippen LogP contribution in [0, 0.1) is 11.6 Å². The molecule has 8 nitrogen and oxygen atoms in total. The van der Waals surface area contributed by atoms with Crippen molar-refractivity contribution in [3.63, 3.8) is 0 Å². The highest BCUT2D eigenvalue weighted by Gasteiger charge is 2.34. The first-order valence-corrected chi connectivity index (χ1v) is 15.9. The first-order chi connectivity index (χ1) is 19.9. The average molecular weight is 598 g/mol. The van der Waals surface area contributed by atoms with Crippen LogP contribution in [-0.4, -0.2) is 36.8 Å². The van der Waals surface area contributed by atoms with E-state index in [9.17, 15) is 22.4 Å². The highest BCUT2D eigenvalue weighted by Crippen LogP contribution is 2.50. The quantitative estimate of drug-likeness (QED) is 0.176. The lowest BCUT2D eigenvalue weighted by Gasteiger charge is -2.34. The van der Waals surface area contributed by atoms with E-state index in [0.717, 1.165) is 43.6 Å². The van der Waals surface area contributed by atoms with Gasteiger partial charge in [0.15, 0.2) is 9.84 Å². The lowest BCUT2D eigenvalue weighted by molar-refractivity contribution is -0.141. The predicted molar refractivity (Wildman–Crippen MR) is 158 cm³/mol. The summed E-state index contributed by atoms with van der Waals surface area (Å²) < 4.78 is 60.4. The Hall–Kier alpha value is -3.99. The number of carbonyl (C=O) groups excluding carboxylic acids is 1. The van der Waals surface area contributed by atoms with Crippen LogP contribution in [-0.2, 0) is 32.2 Å². The molecule has 1 atom stereocenters. The highest BCUT2D eigenvalue weighted by atomic mass is 32.2. The minimum Gasteiger partial charge on any atom is -0.466 e. The van der Waals surface area contributed by atoms with Crippen LogP contribution in [0.1, 0.15) is 56.2 Å². The number of anilines is 2. The number of benzene rings is 2. The fourth-order valence-electron chi connectivity index (χ4n) is 5.83. The molecule has 0 saturated carbocycles. The van der Waals surface area contributed by atoms with E-state index in [4.69, 9.17) is 4.74 Å². The summed E-state index contributed by atoms with van der Waals surface area (Å²) >= 11 is 0. The second-order valence-electron chi connectivity index (χ2n) is 10.9. The smallest absolute Gasteiger partial charge is 0.302 e. The van der Waals surface area contributed by atoms with Gasteiger partial charge in [-0.3, -0.25) is 9.59 Å². The number of aryl methyl sites for hydroxylation is 1. The van der Waals surface area contributed by atoms with Crippen molar-refractivity contribution in [3.05, 3.63) is 81.9 Å². The number of unbranched alkanes of at least 4 members (excludes halogenated alkanes) is 3. The molecule has 222 valence electrons. The first-order valence-electron chi connectivity index (χ1n) is 13.8. The van der Waals surface area contributed by atoms with Crippen molar-refractivity contribution >= 4 is 38.1 Å². The Labute approximate surface area is 242 Å². The molecule has 0 fully saturated rings. The lowest BCUT2D eigenvalue weighted by atomic mass is 9.96. The summed E-state index contributed by atoms with van der Waals surface area (Å²) in [6, 6.07) is 8.29. The average Bonchev–Trinajstić information content (AvgIpc) is 3.31. The van der Waals surface area contributed by atoms with E-state index in [1.807, 2.05) is 4.90 Å². The summed E-state index contributed by atoms with van der Waals surface area (Å²) in [5.74, 6) is -1.93. The van der Waals surface area contributed by atoms with E-state index in [1.165, 1.54) is 23.6 Å². The second kappa shape index (κ2) is 11.7. The molecule has 11 heteroatoms. The number of pyridine rings is 1. The Morgan fingerprint density at radius 3 is 2.48 bits per heavy atom. The molecule has 0 saturated heterocycles. The molecule has 1 unspecified atom stereocenters. The number of hydrogen-bond acceptors (Lipinski definition) is 6. The molecule has 4 aromatic rings. The number of carbonyl (C=O) groups is 1. The van der Waals surface area contributed by atoms with Gasteiger partial charge in [0.05, 0.1) is 24.1 Å². The number of nitrogens with zero attached hydrogens (tertiary/aromatic N) is 2. The molecule has 0 radical (unpaired) electrons. The number of ether oxygens (including phenoxy) is 1. The first kappa shape index (κ1) is 29.5. The van der Waals surface area contributed by atoms with Crippen LogP contribution in [0.25, 0.3) is 22.0 Å². The third kappa shape index (κ3) is 5.97. The number of H-pyrrole nitrogens is 1. The Bertz CT molecular complexity index is 1830. The fraction of sp³-hybridized carbons (Fsp3) is 0.355. The zero-order chi connectivity index (χ0) is 30.2. The van der Waals surface area contributed by atoms with Crippen molar-refractivity contribution < 1.29 is 26.7 Å². The molecular weight excluding hydrogens is 564 g/mol. The maximum absolute atomic E-state index is 15.5. The molecule has 1 aliphatic rings. The molecule has 0 spiro atoms. The van der Waals surface area contributed by atoms with Crippen molar-refractivity contribution in [2.75, 3.05) is 17.8 Å². The minimum absolute atomic E-state index is 0.169. The van der Waals surface area contributed by atoms with E-state index in [0.29, 0.717) is 46.3 Å². The van der Waals surface area contributed by atoms with Gasteiger partial charge in [0.25, 0.3) is 5.56 Å². The molecule has 1 N–H and O–H groups in total. The largest absolute Gasteiger partial charge is 0.466 e. The summed E-state index contributed by atoms with van der Waals surface area (Å²) in [7, 11) is -1.70. The summed E-state index contributed by atoms with van der Waals surface area (Å²) in [5, 5.41) is 0.695. The van der Waals surface area contributed by atoms with Crippen LogP contribution >= 0.6 is 0 Å². The number of esters is 1. The van der Waals surface area contributed by atoms with Crippen LogP contribution in [0.2, 0.25) is 0 Å². The van der Waals surface area contributed by atoms with Crippen molar-refractivity contribution in [1.29, 1.82) is 0 Å². The standard InChI is InChI=1S/C31H33F2N3O5S/c1-19(37)41-13-7-5-4-6-8-26-23-16-34-30-29(23)24(17-35(2)31(30)38)22-14-20(18-42(3,39)40)9-11-27(22)36(26)28-12-10-21(32)15-25(28)33/h9-12,14-17,26,34H,4-8,13,18H2,1-3H3. The van der Waals surface area contributed by atoms with Gasteiger partial charge in [0.2, 0.25) is 0 Å². The van der Waals surface area contributed by atoms with E-state index in [2.05, 4.69) is 4.98 Å². The van der Waals surface area contributed by atoms with Gasteiger partial charge in [0, 0.05) is 66.5 Å². The summed E-state index contributed by atoms with van der Waals surface area (Å²) in [4.78, 5) is 29.2. The molecule has 42 heavy (non-hydrogen) atoms. The van der Waals surface area contributed by atoms with Gasteiger partial charge in [-0.2, -0.15) is 0 Å². The second-order valence-corrected chi connectivity index (χ2v) is 13.0. The third-order valence-electron chi connectivity index (χ3n) is 7.59. The number of fused-ring (bicyclic) bond motifs is 2. The minimum atomic E-state index is -3.35. The van der Waals surface area contributed by atoms with Crippen LogP contribution in [0.15, 0.2) is 53.6 Å². The Morgan fingerprint density at radius 1 is 1.02 bits per heavy atom. The SMILES string of the molecule is CC(=O)OCCCCCCC1c2c[nH]c3c(=O)n(C)cc(c23)-c2cc(CS(C)(=O)=O)ccc2N1c1ccc(F)cc1F. The zero-order valence-corrected chi connectivity index (χ0v) is 24.6. The van der Waals surface area contributed by atoms with Gasteiger partial charge in [-0.1, -0.05) is 25.3 Å². The summed E-state index contributed by atoms with van der Waals surface area (Å²) in [5.41, 5.74) is 3.67. The number of nitrogens with one attached hydrogen (secondary N) is 1. The molecule has 2 aromatic heterocycles. The van der Waals surface area contributed by atoms with Crippen LogP contribution in [0.3, 0.4) is 0 Å². The number of hydrogen-bond donors (Lipinski definition) is 1. The van der Waals surface area contributed by atoms with Gasteiger partial charge in [-0.05, 0) is 42.7 Å². The monoisotopic (exact) mass is 597 g/mol. The number of aromatic nitrogens is 2. The van der Waals surface area contributed by atoms with E-state index >= 15 is 4.39 Å². The van der Waals surface area contributed by atoms with Crippen molar-refractivity contribution in [2.24, 2.45) is 7.05 Å². The molecule has 5 rings (SSSR count). The van der Waals surface area contributed by atoms with Crippen molar-refractivity contribution in [3.8, 4) is 11.1 Å². The number of sulfone groups is 1. The van der Waals surface area contributed by atoms with Crippen LogP contribution < -0.4 is 10.5 Å². The lowest BCUT2D eigenvalue weighted by Crippen LogP contribution is -2.24. The van der Waals surface area contributed by atoms with Gasteiger partial charge in [0.1, 0.15) is 17.2 Å². The van der Waals surface area contributed by atoms with Crippen molar-refractivity contribution in [1.82, 2.24) is 9.55 Å². The topological polar surface area (TPSA) is 101 Å². The Morgan fingerprint density at radius 2 is 1.76 bits per heavy atom. The molecule has 2 aromatic carbocycles. The molecule has 3 heterocycles. The number of rotatable bonds is 10. The summed E-state index contributed by atoms with van der Waals surface area (Å²) in [6.45, 7) is 1.73. The van der Waals surface area contributed by atoms with Crippen LogP contribution in [0.4, 0.5) is 20.2 Å². The number of halogens is 2. The predicted octanol–water partition coefficient (Wildman–Crippen LogP) is 6.06. The number of aromatic amines is 1. The fourth-order valence-corrected chi connectivity index (χ4v) is 6.62. The molecular formula is C31H33F2N3O5S. The van der Waals surface area contributed by atoms with Crippen molar-refractivity contribution in [2.45, 2.75) is 50.8 Å². The molecule has 0 amide bonds. The van der Waals surface area contributed by atoms with Gasteiger partial charge in [-0.15, -0.1) is 0 Å². The maximum atomic E-state index is 15.5. The molecule has 1 aliphatic heterocycles. The highest BCUT2D eigenvalue weighted by molar-refractivity contribution is 7.89. The van der Waals surface area contributed by atoms with Gasteiger partial charge < -0.3 is 19.2 Å². The third-order valence-corrected chi connectivity index (χ3v) is 8.45. The van der Waals surface area contributed by atoms with E-state index in [1.54, 1.807) is 37.6 Å². The van der Waals surface area contributed by atoms with Crippen LogP contribution in [0.5, 0.6) is 0 Å². The zero-order valence-electron chi connectivity index (χ0n) is 23.7. The Kier molecular flexibility index (Phi) is 8.23. The molecule has 0 aliphatic carbocycles. The van der Waals surface area contributed by atoms with E-state index in [-0.39, 0.29) is 23.0 Å². The normalized spacial score (nSPS) is 14.6. The van der Waals surface area contributed by atoms with Gasteiger partial charge >= 0.3 is 5.97 Å². The molecule has 0 bridgehead atoms.